The number of nitrogens with zero attached hydrogens (tertiary/aromatic N) is 3. The van der Waals surface area contributed by atoms with Crippen LogP contribution in [0.4, 0.5) is 5.82 Å². The molecule has 19 heavy (non-hydrogen) atoms. The van der Waals surface area contributed by atoms with Crippen LogP contribution in [-0.2, 0) is 0 Å². The van der Waals surface area contributed by atoms with Gasteiger partial charge in [0.2, 0.25) is 0 Å². The van der Waals surface area contributed by atoms with Gasteiger partial charge in [0.1, 0.15) is 11.6 Å². The van der Waals surface area contributed by atoms with E-state index in [0.29, 0.717) is 23.8 Å². The molecule has 0 aliphatic heterocycles. The van der Waals surface area contributed by atoms with Gasteiger partial charge in [-0.3, -0.25) is 0 Å². The molecular formula is C14H20N4O. The van der Waals surface area contributed by atoms with E-state index in [-0.39, 0.29) is 6.10 Å². The summed E-state index contributed by atoms with van der Waals surface area (Å²) < 4.78 is 0. The number of aliphatic hydroxyl groups is 1. The molecule has 1 unspecified atom stereocenters. The molecule has 1 heterocycles. The molecule has 1 aliphatic carbocycles. The molecule has 0 radical (unpaired) electrons. The maximum absolute atomic E-state index is 10.1. The lowest BCUT2D eigenvalue weighted by Crippen LogP contribution is -2.27. The SMILES string of the molecule is Cc1nnc(NCC(O)C2CCCC2)c(C#N)c1C. The maximum Gasteiger partial charge on any atom is 0.167 e. The van der Waals surface area contributed by atoms with Crippen molar-refractivity contribution in [3.63, 3.8) is 0 Å². The highest BCUT2D eigenvalue weighted by Gasteiger charge is 2.23. The van der Waals surface area contributed by atoms with Gasteiger partial charge >= 0.3 is 0 Å². The van der Waals surface area contributed by atoms with Gasteiger partial charge in [-0.2, -0.15) is 10.4 Å². The summed E-state index contributed by atoms with van der Waals surface area (Å²) in [5.41, 5.74) is 2.12. The van der Waals surface area contributed by atoms with E-state index in [1.165, 1.54) is 12.8 Å². The van der Waals surface area contributed by atoms with E-state index in [1.54, 1.807) is 0 Å². The fourth-order valence-electron chi connectivity index (χ4n) is 2.58. The highest BCUT2D eigenvalue weighted by molar-refractivity contribution is 5.55. The Morgan fingerprint density at radius 1 is 1.37 bits per heavy atom. The Balaban J connectivity index is 2.03. The number of nitrogens with one attached hydrogen (secondary N) is 1. The van der Waals surface area contributed by atoms with Gasteiger partial charge in [0.15, 0.2) is 5.82 Å². The summed E-state index contributed by atoms with van der Waals surface area (Å²) in [5.74, 6) is 0.847. The van der Waals surface area contributed by atoms with Gasteiger partial charge in [-0.05, 0) is 38.2 Å². The van der Waals surface area contributed by atoms with E-state index in [2.05, 4.69) is 21.6 Å². The number of rotatable bonds is 4. The van der Waals surface area contributed by atoms with Crippen LogP contribution in [0.3, 0.4) is 0 Å². The second-order valence-corrected chi connectivity index (χ2v) is 5.24. The average Bonchev–Trinajstić information content (AvgIpc) is 2.94. The largest absolute Gasteiger partial charge is 0.391 e. The minimum Gasteiger partial charge on any atom is -0.391 e. The van der Waals surface area contributed by atoms with Crippen LogP contribution in [0.2, 0.25) is 0 Å². The zero-order valence-corrected chi connectivity index (χ0v) is 11.5. The van der Waals surface area contributed by atoms with Gasteiger partial charge in [0.05, 0.1) is 11.8 Å². The number of anilines is 1. The van der Waals surface area contributed by atoms with Crippen LogP contribution < -0.4 is 5.32 Å². The molecule has 2 N–H and O–H groups in total. The monoisotopic (exact) mass is 260 g/mol. The summed E-state index contributed by atoms with van der Waals surface area (Å²) in [5, 5.41) is 30.4. The van der Waals surface area contributed by atoms with Crippen LogP contribution in [0.1, 0.15) is 42.5 Å². The summed E-state index contributed by atoms with van der Waals surface area (Å²) in [6.45, 7) is 4.12. The molecule has 0 bridgehead atoms. The molecule has 0 spiro atoms. The third-order valence-corrected chi connectivity index (χ3v) is 3.99. The van der Waals surface area contributed by atoms with Gasteiger partial charge in [0, 0.05) is 6.54 Å². The van der Waals surface area contributed by atoms with Gasteiger partial charge < -0.3 is 10.4 Å². The second-order valence-electron chi connectivity index (χ2n) is 5.24. The summed E-state index contributed by atoms with van der Waals surface area (Å²) in [7, 11) is 0. The Hall–Kier alpha value is -1.67. The average molecular weight is 260 g/mol. The molecule has 1 saturated carbocycles. The minimum atomic E-state index is -0.377. The normalized spacial score (nSPS) is 17.2. The fraction of sp³-hybridized carbons (Fsp3) is 0.643. The molecule has 0 amide bonds. The van der Waals surface area contributed by atoms with E-state index < -0.39 is 0 Å². The molecule has 1 atom stereocenters. The van der Waals surface area contributed by atoms with Crippen LogP contribution in [-0.4, -0.2) is 28.0 Å². The lowest BCUT2D eigenvalue weighted by Gasteiger charge is -2.18. The first kappa shape index (κ1) is 13.8. The van der Waals surface area contributed by atoms with Crippen LogP contribution in [0.15, 0.2) is 0 Å². The van der Waals surface area contributed by atoms with Crippen LogP contribution in [0.5, 0.6) is 0 Å². The van der Waals surface area contributed by atoms with Crippen molar-refractivity contribution in [3.05, 3.63) is 16.8 Å². The standard InChI is InChI=1S/C14H20N4O/c1-9-10(2)17-18-14(12(9)7-15)16-8-13(19)11-5-3-4-6-11/h11,13,19H,3-6,8H2,1-2H3,(H,16,18). The Morgan fingerprint density at radius 3 is 2.68 bits per heavy atom. The molecule has 1 aliphatic rings. The number of hydrogen-bond donors (Lipinski definition) is 2. The van der Waals surface area contributed by atoms with Crippen LogP contribution in [0.25, 0.3) is 0 Å². The van der Waals surface area contributed by atoms with E-state index >= 15 is 0 Å². The number of aromatic nitrogens is 2. The molecule has 1 fully saturated rings. The van der Waals surface area contributed by atoms with Crippen LogP contribution in [0, 0.1) is 31.1 Å². The van der Waals surface area contributed by atoms with Crippen molar-refractivity contribution >= 4 is 5.82 Å². The molecule has 102 valence electrons. The maximum atomic E-state index is 10.1. The number of hydrogen-bond acceptors (Lipinski definition) is 5. The minimum absolute atomic E-state index is 0.373. The Bertz CT molecular complexity index is 489. The Morgan fingerprint density at radius 2 is 2.05 bits per heavy atom. The lowest BCUT2D eigenvalue weighted by molar-refractivity contribution is 0.122. The smallest absolute Gasteiger partial charge is 0.167 e. The summed E-state index contributed by atoms with van der Waals surface area (Å²) in [4.78, 5) is 0. The Kier molecular flexibility index (Phi) is 4.33. The molecular weight excluding hydrogens is 240 g/mol. The van der Waals surface area contributed by atoms with Gasteiger partial charge in [0.25, 0.3) is 0 Å². The topological polar surface area (TPSA) is 81.8 Å². The fourth-order valence-corrected chi connectivity index (χ4v) is 2.58. The number of aryl methyl sites for hydroxylation is 1. The van der Waals surface area contributed by atoms with Crippen molar-refractivity contribution in [3.8, 4) is 6.07 Å². The lowest BCUT2D eigenvalue weighted by atomic mass is 10.0. The Labute approximate surface area is 113 Å². The number of nitriles is 1. The third-order valence-electron chi connectivity index (χ3n) is 3.99. The first-order chi connectivity index (χ1) is 9.13. The van der Waals surface area contributed by atoms with E-state index in [9.17, 15) is 10.4 Å². The highest BCUT2D eigenvalue weighted by atomic mass is 16.3. The molecule has 5 heteroatoms. The van der Waals surface area contributed by atoms with Gasteiger partial charge in [-0.1, -0.05) is 12.8 Å². The van der Waals surface area contributed by atoms with E-state index in [0.717, 1.165) is 24.1 Å². The third kappa shape index (κ3) is 3.02. The molecule has 0 saturated heterocycles. The van der Waals surface area contributed by atoms with Crippen molar-refractivity contribution in [2.24, 2.45) is 5.92 Å². The first-order valence-corrected chi connectivity index (χ1v) is 6.79. The van der Waals surface area contributed by atoms with E-state index in [1.807, 2.05) is 13.8 Å². The zero-order valence-electron chi connectivity index (χ0n) is 11.5. The van der Waals surface area contributed by atoms with Crippen molar-refractivity contribution in [2.45, 2.75) is 45.6 Å². The summed E-state index contributed by atoms with van der Waals surface area (Å²) >= 11 is 0. The quantitative estimate of drug-likeness (QED) is 0.864. The second kappa shape index (κ2) is 5.98. The first-order valence-electron chi connectivity index (χ1n) is 6.79. The van der Waals surface area contributed by atoms with Gasteiger partial charge in [-0.15, -0.1) is 5.10 Å². The van der Waals surface area contributed by atoms with Crippen molar-refractivity contribution in [1.82, 2.24) is 10.2 Å². The van der Waals surface area contributed by atoms with Gasteiger partial charge in [-0.25, -0.2) is 0 Å². The van der Waals surface area contributed by atoms with Crippen molar-refractivity contribution < 1.29 is 5.11 Å². The molecule has 1 aromatic heterocycles. The van der Waals surface area contributed by atoms with Crippen molar-refractivity contribution in [2.75, 3.05) is 11.9 Å². The molecule has 1 aromatic rings. The molecule has 2 rings (SSSR count). The summed E-state index contributed by atoms with van der Waals surface area (Å²) in [6.07, 6.45) is 4.21. The summed E-state index contributed by atoms with van der Waals surface area (Å²) in [6, 6.07) is 2.15. The predicted molar refractivity (Wildman–Crippen MR) is 72.7 cm³/mol. The number of aliphatic hydroxyl groups excluding tert-OH is 1. The zero-order chi connectivity index (χ0) is 13.8. The van der Waals surface area contributed by atoms with E-state index in [4.69, 9.17) is 0 Å². The molecule has 5 nitrogen and oxygen atoms in total. The van der Waals surface area contributed by atoms with Crippen LogP contribution >= 0.6 is 0 Å². The highest BCUT2D eigenvalue weighted by Crippen LogP contribution is 2.28. The van der Waals surface area contributed by atoms with Crippen molar-refractivity contribution in [1.29, 1.82) is 5.26 Å². The predicted octanol–water partition coefficient (Wildman–Crippen LogP) is 1.93. The molecule has 0 aromatic carbocycles.